The summed E-state index contributed by atoms with van der Waals surface area (Å²) in [6, 6.07) is 17.7. The Balaban J connectivity index is 1.44. The summed E-state index contributed by atoms with van der Waals surface area (Å²) in [6.07, 6.45) is 1.56. The number of furan rings is 1. The number of hydrogen-bond donors (Lipinski definition) is 3. The average molecular weight is 393 g/mol. The van der Waals surface area contributed by atoms with Gasteiger partial charge in [-0.3, -0.25) is 9.59 Å². The molecule has 0 aliphatic heterocycles. The Morgan fingerprint density at radius 1 is 0.966 bits per heavy atom. The number of carbonyl (C=O) groups is 2. The largest absolute Gasteiger partial charge is 0.494 e. The van der Waals surface area contributed by atoms with Crippen LogP contribution in [0.4, 0.5) is 11.4 Å². The van der Waals surface area contributed by atoms with Gasteiger partial charge in [-0.05, 0) is 67.6 Å². The van der Waals surface area contributed by atoms with Gasteiger partial charge in [0, 0.05) is 16.9 Å². The molecule has 0 aliphatic rings. The van der Waals surface area contributed by atoms with Crippen LogP contribution in [0, 0.1) is 0 Å². The van der Waals surface area contributed by atoms with Crippen molar-refractivity contribution in [1.82, 2.24) is 5.32 Å². The number of nitrogens with one attached hydrogen (secondary N) is 3. The van der Waals surface area contributed by atoms with E-state index in [1.165, 1.54) is 0 Å². The van der Waals surface area contributed by atoms with E-state index in [0.717, 1.165) is 11.4 Å². The molecule has 7 nitrogen and oxygen atoms in total. The quantitative estimate of drug-likeness (QED) is 0.516. The summed E-state index contributed by atoms with van der Waals surface area (Å²) in [5.74, 6) is 1.09. The SMILES string of the molecule is CCOc1ccc(NC(=O)CNc2ccc(C(=O)NCc3ccco3)cc2)cc1. The molecule has 3 aromatic rings. The number of carbonyl (C=O) groups excluding carboxylic acids is 2. The van der Waals surface area contributed by atoms with Crippen LogP contribution in [0.15, 0.2) is 71.3 Å². The third-order valence-electron chi connectivity index (χ3n) is 4.05. The van der Waals surface area contributed by atoms with E-state index in [2.05, 4.69) is 16.0 Å². The normalized spacial score (nSPS) is 10.2. The van der Waals surface area contributed by atoms with Crippen molar-refractivity contribution in [3.05, 3.63) is 78.3 Å². The minimum atomic E-state index is -0.193. The lowest BCUT2D eigenvalue weighted by molar-refractivity contribution is -0.114. The topological polar surface area (TPSA) is 92.6 Å². The van der Waals surface area contributed by atoms with Gasteiger partial charge in [0.15, 0.2) is 0 Å². The van der Waals surface area contributed by atoms with Crippen LogP contribution < -0.4 is 20.7 Å². The van der Waals surface area contributed by atoms with Crippen LogP contribution in [0.25, 0.3) is 0 Å². The molecular weight excluding hydrogens is 370 g/mol. The van der Waals surface area contributed by atoms with E-state index in [-0.39, 0.29) is 18.4 Å². The van der Waals surface area contributed by atoms with Crippen LogP contribution in [0.2, 0.25) is 0 Å². The lowest BCUT2D eigenvalue weighted by Gasteiger charge is -2.09. The lowest BCUT2D eigenvalue weighted by atomic mass is 10.2. The van der Waals surface area contributed by atoms with Gasteiger partial charge in [-0.15, -0.1) is 0 Å². The number of ether oxygens (including phenoxy) is 1. The van der Waals surface area contributed by atoms with Gasteiger partial charge in [-0.1, -0.05) is 0 Å². The fourth-order valence-electron chi connectivity index (χ4n) is 2.61. The summed E-state index contributed by atoms with van der Waals surface area (Å²) < 4.78 is 10.6. The van der Waals surface area contributed by atoms with Crippen LogP contribution in [-0.2, 0) is 11.3 Å². The first-order valence-corrected chi connectivity index (χ1v) is 9.31. The minimum absolute atomic E-state index is 0.108. The number of rotatable bonds is 9. The average Bonchev–Trinajstić information content (AvgIpc) is 3.26. The molecular formula is C22H23N3O4. The van der Waals surface area contributed by atoms with Gasteiger partial charge in [0.05, 0.1) is 26.0 Å². The van der Waals surface area contributed by atoms with Crippen molar-refractivity contribution in [1.29, 1.82) is 0 Å². The molecule has 3 rings (SSSR count). The number of amides is 2. The van der Waals surface area contributed by atoms with Crippen LogP contribution in [0.5, 0.6) is 5.75 Å². The van der Waals surface area contributed by atoms with Crippen LogP contribution in [-0.4, -0.2) is 25.0 Å². The Hall–Kier alpha value is -3.74. The van der Waals surface area contributed by atoms with Crippen LogP contribution in [0.1, 0.15) is 23.0 Å². The van der Waals surface area contributed by atoms with Crippen molar-refractivity contribution in [3.63, 3.8) is 0 Å². The zero-order chi connectivity index (χ0) is 20.5. The zero-order valence-corrected chi connectivity index (χ0v) is 16.1. The van der Waals surface area contributed by atoms with Crippen LogP contribution >= 0.6 is 0 Å². The Bertz CT molecular complexity index is 920. The van der Waals surface area contributed by atoms with E-state index in [9.17, 15) is 9.59 Å². The Labute approximate surface area is 169 Å². The highest BCUT2D eigenvalue weighted by Gasteiger charge is 2.07. The molecule has 1 aromatic heterocycles. The third-order valence-corrected chi connectivity index (χ3v) is 4.05. The monoisotopic (exact) mass is 393 g/mol. The molecule has 2 aromatic carbocycles. The summed E-state index contributed by atoms with van der Waals surface area (Å²) in [4.78, 5) is 24.2. The standard InChI is InChI=1S/C22H23N3O4/c1-2-28-19-11-9-18(10-12-19)25-21(26)15-23-17-7-5-16(6-8-17)22(27)24-14-20-4-3-13-29-20/h3-13,23H,2,14-15H2,1H3,(H,24,27)(H,25,26). The van der Waals surface area contributed by atoms with E-state index in [0.29, 0.717) is 30.2 Å². The van der Waals surface area contributed by atoms with Crippen molar-refractivity contribution in [3.8, 4) is 5.75 Å². The van der Waals surface area contributed by atoms with E-state index < -0.39 is 0 Å². The van der Waals surface area contributed by atoms with Crippen molar-refractivity contribution in [2.45, 2.75) is 13.5 Å². The minimum Gasteiger partial charge on any atom is -0.494 e. The van der Waals surface area contributed by atoms with Gasteiger partial charge >= 0.3 is 0 Å². The summed E-state index contributed by atoms with van der Waals surface area (Å²) in [5.41, 5.74) is 1.97. The number of anilines is 2. The lowest BCUT2D eigenvalue weighted by Crippen LogP contribution is -2.23. The van der Waals surface area contributed by atoms with Gasteiger partial charge in [-0.25, -0.2) is 0 Å². The molecule has 7 heteroatoms. The number of hydrogen-bond acceptors (Lipinski definition) is 5. The smallest absolute Gasteiger partial charge is 0.251 e. The highest BCUT2D eigenvalue weighted by Crippen LogP contribution is 2.15. The molecule has 0 radical (unpaired) electrons. The fourth-order valence-corrected chi connectivity index (χ4v) is 2.61. The van der Waals surface area contributed by atoms with E-state index in [4.69, 9.17) is 9.15 Å². The summed E-state index contributed by atoms with van der Waals surface area (Å²) >= 11 is 0. The van der Waals surface area contributed by atoms with Gasteiger partial charge in [0.1, 0.15) is 11.5 Å². The summed E-state index contributed by atoms with van der Waals surface area (Å²) in [5, 5.41) is 8.63. The first-order valence-electron chi connectivity index (χ1n) is 9.31. The van der Waals surface area contributed by atoms with Crippen molar-refractivity contribution < 1.29 is 18.7 Å². The Morgan fingerprint density at radius 2 is 1.69 bits per heavy atom. The van der Waals surface area contributed by atoms with Gasteiger partial charge in [-0.2, -0.15) is 0 Å². The molecule has 2 amide bonds. The maximum Gasteiger partial charge on any atom is 0.251 e. The maximum absolute atomic E-state index is 12.1. The zero-order valence-electron chi connectivity index (χ0n) is 16.1. The maximum atomic E-state index is 12.1. The Kier molecular flexibility index (Phi) is 6.89. The predicted molar refractivity (Wildman–Crippen MR) is 111 cm³/mol. The molecule has 3 N–H and O–H groups in total. The highest BCUT2D eigenvalue weighted by atomic mass is 16.5. The second-order valence-electron chi connectivity index (χ2n) is 6.20. The van der Waals surface area contributed by atoms with E-state index in [1.807, 2.05) is 19.1 Å². The van der Waals surface area contributed by atoms with E-state index >= 15 is 0 Å². The summed E-state index contributed by atoms with van der Waals surface area (Å²) in [7, 11) is 0. The molecule has 0 spiro atoms. The second-order valence-corrected chi connectivity index (χ2v) is 6.20. The number of benzene rings is 2. The first-order chi connectivity index (χ1) is 14.1. The van der Waals surface area contributed by atoms with Gasteiger partial charge in [0.25, 0.3) is 5.91 Å². The molecule has 0 saturated carbocycles. The molecule has 1 heterocycles. The van der Waals surface area contributed by atoms with Gasteiger partial charge < -0.3 is 25.1 Å². The summed E-state index contributed by atoms with van der Waals surface area (Å²) in [6.45, 7) is 2.95. The molecule has 0 aliphatic carbocycles. The molecule has 0 saturated heterocycles. The first kappa shape index (κ1) is 20.0. The predicted octanol–water partition coefficient (Wildman–Crippen LogP) is 3.66. The van der Waals surface area contributed by atoms with E-state index in [1.54, 1.807) is 54.8 Å². The highest BCUT2D eigenvalue weighted by molar-refractivity contribution is 5.95. The van der Waals surface area contributed by atoms with Crippen molar-refractivity contribution in [2.75, 3.05) is 23.8 Å². The molecule has 0 fully saturated rings. The van der Waals surface area contributed by atoms with Crippen LogP contribution in [0.3, 0.4) is 0 Å². The molecule has 150 valence electrons. The molecule has 0 atom stereocenters. The fraction of sp³-hybridized carbons (Fsp3) is 0.182. The van der Waals surface area contributed by atoms with Crippen molar-refractivity contribution in [2.24, 2.45) is 0 Å². The molecule has 0 unspecified atom stereocenters. The van der Waals surface area contributed by atoms with Gasteiger partial charge in [0.2, 0.25) is 5.91 Å². The van der Waals surface area contributed by atoms with Crippen molar-refractivity contribution >= 4 is 23.2 Å². The second kappa shape index (κ2) is 9.98. The molecule has 0 bridgehead atoms. The molecule has 29 heavy (non-hydrogen) atoms. The third kappa shape index (κ3) is 6.14. The Morgan fingerprint density at radius 3 is 2.34 bits per heavy atom.